The van der Waals surface area contributed by atoms with Gasteiger partial charge in [0.05, 0.1) is 13.1 Å². The molecule has 4 amide bonds. The van der Waals surface area contributed by atoms with E-state index >= 15 is 0 Å². The second kappa shape index (κ2) is 10.7. The van der Waals surface area contributed by atoms with E-state index in [-0.39, 0.29) is 31.4 Å². The number of hydrogen-bond donors (Lipinski definition) is 4. The van der Waals surface area contributed by atoms with Crippen molar-refractivity contribution in [1.82, 2.24) is 16.0 Å². The molecule has 0 aliphatic rings. The fraction of sp³-hybridized carbons (Fsp3) is 0.250. The number of anilines is 1. The van der Waals surface area contributed by atoms with Gasteiger partial charge in [0, 0.05) is 12.2 Å². The van der Waals surface area contributed by atoms with Crippen molar-refractivity contribution in [3.63, 3.8) is 0 Å². The van der Waals surface area contributed by atoms with Crippen molar-refractivity contribution in [3.8, 4) is 0 Å². The first kappa shape index (κ1) is 20.9. The minimum absolute atomic E-state index is 0.199. The first-order valence-electron chi connectivity index (χ1n) is 8.88. The van der Waals surface area contributed by atoms with Crippen LogP contribution in [0.25, 0.3) is 0 Å². The van der Waals surface area contributed by atoms with E-state index in [9.17, 15) is 18.8 Å². The molecule has 8 heteroatoms. The summed E-state index contributed by atoms with van der Waals surface area (Å²) in [5, 5.41) is 10.1. The van der Waals surface area contributed by atoms with Gasteiger partial charge in [0.15, 0.2) is 0 Å². The molecular weight excluding hydrogens is 363 g/mol. The molecule has 2 aromatic rings. The van der Waals surface area contributed by atoms with Crippen LogP contribution in [-0.4, -0.2) is 30.9 Å². The number of carbonyl (C=O) groups is 3. The van der Waals surface area contributed by atoms with Crippen LogP contribution in [0.5, 0.6) is 0 Å². The van der Waals surface area contributed by atoms with Crippen LogP contribution in [0, 0.1) is 5.82 Å². The van der Waals surface area contributed by atoms with Gasteiger partial charge in [-0.15, -0.1) is 0 Å². The van der Waals surface area contributed by atoms with Gasteiger partial charge >= 0.3 is 6.03 Å². The summed E-state index contributed by atoms with van der Waals surface area (Å²) in [6.45, 7) is 1.72. The number of amides is 4. The van der Waals surface area contributed by atoms with Gasteiger partial charge in [-0.3, -0.25) is 9.59 Å². The van der Waals surface area contributed by atoms with Crippen LogP contribution in [0.2, 0.25) is 0 Å². The number of aryl methyl sites for hydroxylation is 1. The SMILES string of the molecule is CCc1ccccc1NC(=O)CNC(=O)CNC(=O)NCc1ccc(F)cc1. The second-order valence-electron chi connectivity index (χ2n) is 6.00. The molecule has 0 heterocycles. The van der Waals surface area contributed by atoms with Crippen LogP contribution in [0.3, 0.4) is 0 Å². The maximum Gasteiger partial charge on any atom is 0.315 e. The van der Waals surface area contributed by atoms with Gasteiger partial charge in [0.2, 0.25) is 11.8 Å². The average Bonchev–Trinajstić information content (AvgIpc) is 2.70. The molecule has 0 unspecified atom stereocenters. The third kappa shape index (κ3) is 7.06. The van der Waals surface area contributed by atoms with Crippen molar-refractivity contribution >= 4 is 23.5 Å². The molecule has 0 aliphatic carbocycles. The van der Waals surface area contributed by atoms with E-state index in [1.165, 1.54) is 12.1 Å². The lowest BCUT2D eigenvalue weighted by molar-refractivity contribution is -0.123. The number of para-hydroxylation sites is 1. The van der Waals surface area contributed by atoms with Crippen LogP contribution in [0.1, 0.15) is 18.1 Å². The van der Waals surface area contributed by atoms with Gasteiger partial charge < -0.3 is 21.3 Å². The number of carbonyl (C=O) groups excluding carboxylic acids is 3. The van der Waals surface area contributed by atoms with Gasteiger partial charge in [0.1, 0.15) is 5.82 Å². The molecule has 0 atom stereocenters. The summed E-state index contributed by atoms with van der Waals surface area (Å²) in [4.78, 5) is 35.4. The number of halogens is 1. The first-order chi connectivity index (χ1) is 13.5. The molecule has 148 valence electrons. The Bertz CT molecular complexity index is 824. The van der Waals surface area contributed by atoms with Gasteiger partial charge in [-0.1, -0.05) is 37.3 Å². The lowest BCUT2D eigenvalue weighted by atomic mass is 10.1. The predicted molar refractivity (Wildman–Crippen MR) is 104 cm³/mol. The summed E-state index contributed by atoms with van der Waals surface area (Å²) >= 11 is 0. The zero-order valence-corrected chi connectivity index (χ0v) is 15.5. The fourth-order valence-corrected chi connectivity index (χ4v) is 2.39. The Hall–Kier alpha value is -3.42. The summed E-state index contributed by atoms with van der Waals surface area (Å²) in [6, 6.07) is 12.6. The van der Waals surface area contributed by atoms with Crippen LogP contribution in [0.4, 0.5) is 14.9 Å². The first-order valence-corrected chi connectivity index (χ1v) is 8.88. The smallest absolute Gasteiger partial charge is 0.315 e. The molecule has 7 nitrogen and oxygen atoms in total. The summed E-state index contributed by atoms with van der Waals surface area (Å²) in [7, 11) is 0. The molecule has 0 spiro atoms. The highest BCUT2D eigenvalue weighted by molar-refractivity contribution is 5.95. The number of urea groups is 1. The van der Waals surface area contributed by atoms with E-state index in [1.54, 1.807) is 18.2 Å². The summed E-state index contributed by atoms with van der Waals surface area (Å²) in [6.07, 6.45) is 0.778. The molecule has 0 radical (unpaired) electrons. The average molecular weight is 386 g/mol. The lowest BCUT2D eigenvalue weighted by Gasteiger charge is -2.11. The summed E-state index contributed by atoms with van der Waals surface area (Å²) in [5.41, 5.74) is 2.44. The van der Waals surface area contributed by atoms with Crippen LogP contribution >= 0.6 is 0 Å². The second-order valence-corrected chi connectivity index (χ2v) is 6.00. The monoisotopic (exact) mass is 386 g/mol. The topological polar surface area (TPSA) is 99.3 Å². The van der Waals surface area contributed by atoms with E-state index in [4.69, 9.17) is 0 Å². The predicted octanol–water partition coefficient (Wildman–Crippen LogP) is 1.94. The molecule has 28 heavy (non-hydrogen) atoms. The maximum absolute atomic E-state index is 12.8. The maximum atomic E-state index is 12.8. The Kier molecular flexibility index (Phi) is 7.95. The van der Waals surface area contributed by atoms with Crippen molar-refractivity contribution in [3.05, 3.63) is 65.5 Å². The van der Waals surface area contributed by atoms with Crippen LogP contribution in [0.15, 0.2) is 48.5 Å². The van der Waals surface area contributed by atoms with E-state index < -0.39 is 11.9 Å². The van der Waals surface area contributed by atoms with Crippen molar-refractivity contribution in [2.24, 2.45) is 0 Å². The van der Waals surface area contributed by atoms with Crippen LogP contribution in [-0.2, 0) is 22.6 Å². The van der Waals surface area contributed by atoms with E-state index in [0.717, 1.165) is 17.5 Å². The highest BCUT2D eigenvalue weighted by atomic mass is 19.1. The highest BCUT2D eigenvalue weighted by Crippen LogP contribution is 2.14. The van der Waals surface area contributed by atoms with Crippen molar-refractivity contribution in [2.75, 3.05) is 18.4 Å². The normalized spacial score (nSPS) is 10.1. The molecule has 2 aromatic carbocycles. The molecule has 0 aliphatic heterocycles. The van der Waals surface area contributed by atoms with Gasteiger partial charge in [0.25, 0.3) is 0 Å². The third-order valence-corrected chi connectivity index (χ3v) is 3.89. The molecule has 0 saturated heterocycles. The Labute approximate surface area is 162 Å². The van der Waals surface area contributed by atoms with Crippen LogP contribution < -0.4 is 21.3 Å². The van der Waals surface area contributed by atoms with E-state index in [0.29, 0.717) is 5.69 Å². The van der Waals surface area contributed by atoms with E-state index in [1.807, 2.05) is 25.1 Å². The molecule has 2 rings (SSSR count). The Morgan fingerprint density at radius 3 is 2.25 bits per heavy atom. The minimum Gasteiger partial charge on any atom is -0.345 e. The number of benzene rings is 2. The van der Waals surface area contributed by atoms with Crippen molar-refractivity contribution in [2.45, 2.75) is 19.9 Å². The number of rotatable bonds is 8. The summed E-state index contributed by atoms with van der Waals surface area (Å²) in [5.74, 6) is -1.20. The third-order valence-electron chi connectivity index (χ3n) is 3.89. The zero-order valence-electron chi connectivity index (χ0n) is 15.5. The number of nitrogens with one attached hydrogen (secondary N) is 4. The number of hydrogen-bond acceptors (Lipinski definition) is 3. The Morgan fingerprint density at radius 2 is 1.54 bits per heavy atom. The quantitative estimate of drug-likeness (QED) is 0.558. The Morgan fingerprint density at radius 1 is 0.857 bits per heavy atom. The minimum atomic E-state index is -0.541. The zero-order chi connectivity index (χ0) is 20.4. The van der Waals surface area contributed by atoms with Gasteiger partial charge in [-0.2, -0.15) is 0 Å². The van der Waals surface area contributed by atoms with Gasteiger partial charge in [-0.05, 0) is 35.7 Å². The molecular formula is C20H23FN4O3. The molecule has 0 bridgehead atoms. The van der Waals surface area contributed by atoms with Crippen molar-refractivity contribution in [1.29, 1.82) is 0 Å². The standard InChI is InChI=1S/C20H23FN4O3/c1-2-15-5-3-4-6-17(15)25-19(27)13-22-18(26)12-24-20(28)23-11-14-7-9-16(21)10-8-14/h3-10H,2,11-13H2,1H3,(H,22,26)(H,25,27)(H2,23,24,28). The summed E-state index contributed by atoms with van der Waals surface area (Å²) < 4.78 is 12.8. The van der Waals surface area contributed by atoms with Gasteiger partial charge in [-0.25, -0.2) is 9.18 Å². The largest absolute Gasteiger partial charge is 0.345 e. The molecule has 0 saturated carbocycles. The molecule has 4 N–H and O–H groups in total. The van der Waals surface area contributed by atoms with Crippen molar-refractivity contribution < 1.29 is 18.8 Å². The van der Waals surface area contributed by atoms with E-state index in [2.05, 4.69) is 21.3 Å². The molecule has 0 fully saturated rings. The molecule has 0 aromatic heterocycles. The fourth-order valence-electron chi connectivity index (χ4n) is 2.39. The highest BCUT2D eigenvalue weighted by Gasteiger charge is 2.09. The lowest BCUT2D eigenvalue weighted by Crippen LogP contribution is -2.43. The Balaban J connectivity index is 1.65.